The first-order valence-corrected chi connectivity index (χ1v) is 9.80. The van der Waals surface area contributed by atoms with E-state index in [4.69, 9.17) is 4.74 Å². The maximum absolute atomic E-state index is 12.1. The van der Waals surface area contributed by atoms with E-state index in [1.807, 2.05) is 19.1 Å². The Hall–Kier alpha value is -2.37. The van der Waals surface area contributed by atoms with Gasteiger partial charge in [-0.3, -0.25) is 9.59 Å². The van der Waals surface area contributed by atoms with Crippen molar-refractivity contribution in [1.82, 2.24) is 10.2 Å². The second-order valence-electron chi connectivity index (χ2n) is 7.09. The highest BCUT2D eigenvalue weighted by Gasteiger charge is 2.24. The molecule has 0 unspecified atom stereocenters. The molecule has 0 radical (unpaired) electrons. The van der Waals surface area contributed by atoms with Gasteiger partial charge in [-0.1, -0.05) is 43.2 Å². The van der Waals surface area contributed by atoms with Gasteiger partial charge in [0.25, 0.3) is 0 Å². The molecule has 1 fully saturated rings. The second-order valence-corrected chi connectivity index (χ2v) is 7.09. The molecule has 1 aliphatic rings. The van der Waals surface area contributed by atoms with Gasteiger partial charge < -0.3 is 15.0 Å². The summed E-state index contributed by atoms with van der Waals surface area (Å²) < 4.78 is 5.21. The predicted molar refractivity (Wildman–Crippen MR) is 104 cm³/mol. The molecule has 2 amide bonds. The number of nitrogens with zero attached hydrogens (tertiary/aromatic N) is 1. The lowest BCUT2D eigenvalue weighted by Gasteiger charge is -2.31. The second kappa shape index (κ2) is 10.7. The van der Waals surface area contributed by atoms with Crippen molar-refractivity contribution in [2.75, 3.05) is 19.7 Å². The van der Waals surface area contributed by atoms with E-state index < -0.39 is 0 Å². The smallest absolute Gasteiger partial charge is 0.409 e. The van der Waals surface area contributed by atoms with Crippen LogP contribution in [0.25, 0.3) is 0 Å². The summed E-state index contributed by atoms with van der Waals surface area (Å²) in [6, 6.07) is 7.44. The fourth-order valence-electron chi connectivity index (χ4n) is 3.01. The summed E-state index contributed by atoms with van der Waals surface area (Å²) in [6.45, 7) is 5.64. The largest absolute Gasteiger partial charge is 0.449 e. The molecule has 0 atom stereocenters. The maximum atomic E-state index is 12.1. The van der Waals surface area contributed by atoms with Gasteiger partial charge >= 0.3 is 6.09 Å². The van der Waals surface area contributed by atoms with Gasteiger partial charge in [-0.2, -0.15) is 0 Å². The Morgan fingerprint density at radius 1 is 1.11 bits per heavy atom. The zero-order chi connectivity index (χ0) is 19.6. The molecular weight excluding hydrogens is 344 g/mol. The van der Waals surface area contributed by atoms with Gasteiger partial charge in [0.05, 0.1) is 6.61 Å². The van der Waals surface area contributed by atoms with Crippen molar-refractivity contribution < 1.29 is 19.1 Å². The van der Waals surface area contributed by atoms with Crippen LogP contribution in [0.4, 0.5) is 4.79 Å². The first-order valence-electron chi connectivity index (χ1n) is 9.80. The van der Waals surface area contributed by atoms with E-state index in [2.05, 4.69) is 12.2 Å². The van der Waals surface area contributed by atoms with Gasteiger partial charge in [-0.05, 0) is 26.2 Å². The quantitative estimate of drug-likeness (QED) is 0.558. The number of hydrogen-bond acceptors (Lipinski definition) is 4. The van der Waals surface area contributed by atoms with Crippen molar-refractivity contribution in [3.63, 3.8) is 0 Å². The van der Waals surface area contributed by atoms with E-state index >= 15 is 0 Å². The van der Waals surface area contributed by atoms with E-state index in [9.17, 15) is 14.4 Å². The number of likely N-dealkylation sites (tertiary alicyclic amines) is 1. The number of ketones is 1. The zero-order valence-corrected chi connectivity index (χ0v) is 16.3. The summed E-state index contributed by atoms with van der Waals surface area (Å²) in [5, 5.41) is 2.98. The van der Waals surface area contributed by atoms with Gasteiger partial charge in [0.1, 0.15) is 0 Å². The standard InChI is InChI=1S/C21H30N2O4/c1-3-4-15-27-21(26)23-13-11-18(12-14-23)22-20(25)10-9-19(24)17-7-5-16(2)6-8-17/h5-8,18H,3-4,9-15H2,1-2H3,(H,22,25). The van der Waals surface area contributed by atoms with Crippen molar-refractivity contribution in [1.29, 1.82) is 0 Å². The minimum Gasteiger partial charge on any atom is -0.449 e. The Morgan fingerprint density at radius 3 is 2.41 bits per heavy atom. The van der Waals surface area contributed by atoms with Crippen LogP contribution >= 0.6 is 0 Å². The first kappa shape index (κ1) is 20.9. The summed E-state index contributed by atoms with van der Waals surface area (Å²) in [5.74, 6) is -0.130. The van der Waals surface area contributed by atoms with E-state index in [0.717, 1.165) is 18.4 Å². The Kier molecular flexibility index (Phi) is 8.30. The Labute approximate surface area is 161 Å². The van der Waals surface area contributed by atoms with Crippen LogP contribution in [-0.2, 0) is 9.53 Å². The average molecular weight is 374 g/mol. The number of nitrogens with one attached hydrogen (secondary N) is 1. The van der Waals surface area contributed by atoms with Crippen molar-refractivity contribution in [3.8, 4) is 0 Å². The fourth-order valence-corrected chi connectivity index (χ4v) is 3.01. The molecule has 0 saturated carbocycles. The fraction of sp³-hybridized carbons (Fsp3) is 0.571. The molecule has 0 spiro atoms. The molecule has 27 heavy (non-hydrogen) atoms. The number of Topliss-reactive ketones (excluding diaryl/α,β-unsaturated/α-hetero) is 1. The summed E-state index contributed by atoms with van der Waals surface area (Å²) in [6.07, 6.45) is 3.41. The molecule has 1 aromatic rings. The molecule has 1 heterocycles. The Balaban J connectivity index is 1.66. The molecule has 1 saturated heterocycles. The average Bonchev–Trinajstić information content (AvgIpc) is 2.67. The van der Waals surface area contributed by atoms with Crippen LogP contribution in [0, 0.1) is 6.92 Å². The number of hydrogen-bond donors (Lipinski definition) is 1. The number of rotatable bonds is 8. The zero-order valence-electron chi connectivity index (χ0n) is 16.3. The van der Waals surface area contributed by atoms with Gasteiger partial charge in [0.15, 0.2) is 5.78 Å². The van der Waals surface area contributed by atoms with Gasteiger partial charge in [-0.25, -0.2) is 4.79 Å². The van der Waals surface area contributed by atoms with Crippen molar-refractivity contribution in [2.45, 2.75) is 58.4 Å². The topological polar surface area (TPSA) is 75.7 Å². The maximum Gasteiger partial charge on any atom is 0.409 e. The highest BCUT2D eigenvalue weighted by Crippen LogP contribution is 2.13. The van der Waals surface area contributed by atoms with Crippen LogP contribution in [0.15, 0.2) is 24.3 Å². The highest BCUT2D eigenvalue weighted by molar-refractivity contribution is 5.98. The number of carbonyl (C=O) groups is 3. The third-order valence-electron chi connectivity index (χ3n) is 4.79. The van der Waals surface area contributed by atoms with Crippen molar-refractivity contribution in [2.24, 2.45) is 0 Å². The summed E-state index contributed by atoms with van der Waals surface area (Å²) >= 11 is 0. The summed E-state index contributed by atoms with van der Waals surface area (Å²) in [7, 11) is 0. The van der Waals surface area contributed by atoms with Crippen LogP contribution in [0.5, 0.6) is 0 Å². The number of carbonyl (C=O) groups excluding carboxylic acids is 3. The van der Waals surface area contributed by atoms with Gasteiger partial charge in [0, 0.05) is 37.5 Å². The van der Waals surface area contributed by atoms with E-state index in [-0.39, 0.29) is 36.7 Å². The molecule has 2 rings (SSSR count). The number of piperidine rings is 1. The number of unbranched alkanes of at least 4 members (excludes halogenated alkanes) is 1. The third-order valence-corrected chi connectivity index (χ3v) is 4.79. The van der Waals surface area contributed by atoms with Crippen LogP contribution in [0.3, 0.4) is 0 Å². The van der Waals surface area contributed by atoms with Gasteiger partial charge in [-0.15, -0.1) is 0 Å². The molecule has 0 bridgehead atoms. The SMILES string of the molecule is CCCCOC(=O)N1CCC(NC(=O)CCC(=O)c2ccc(C)cc2)CC1. The first-order chi connectivity index (χ1) is 13.0. The van der Waals surface area contributed by atoms with Crippen molar-refractivity contribution >= 4 is 17.8 Å². The van der Waals surface area contributed by atoms with E-state index in [1.165, 1.54) is 0 Å². The minimum atomic E-state index is -0.267. The summed E-state index contributed by atoms with van der Waals surface area (Å²) in [4.78, 5) is 37.9. The Morgan fingerprint density at radius 2 is 1.78 bits per heavy atom. The molecule has 6 nitrogen and oxygen atoms in total. The number of ether oxygens (including phenoxy) is 1. The number of benzene rings is 1. The lowest BCUT2D eigenvalue weighted by molar-refractivity contribution is -0.122. The van der Waals surface area contributed by atoms with Crippen LogP contribution in [0.2, 0.25) is 0 Å². The monoisotopic (exact) mass is 374 g/mol. The summed E-state index contributed by atoms with van der Waals surface area (Å²) in [5.41, 5.74) is 1.74. The highest BCUT2D eigenvalue weighted by atomic mass is 16.6. The molecular formula is C21H30N2O4. The lowest BCUT2D eigenvalue weighted by atomic mass is 10.0. The predicted octanol–water partition coefficient (Wildman–Crippen LogP) is 3.48. The number of aryl methyl sites for hydroxylation is 1. The molecule has 1 aromatic carbocycles. The molecule has 148 valence electrons. The van der Waals surface area contributed by atoms with E-state index in [0.29, 0.717) is 38.1 Å². The normalized spacial score (nSPS) is 14.7. The lowest BCUT2D eigenvalue weighted by Crippen LogP contribution is -2.46. The molecule has 6 heteroatoms. The van der Waals surface area contributed by atoms with Crippen molar-refractivity contribution in [3.05, 3.63) is 35.4 Å². The van der Waals surface area contributed by atoms with Gasteiger partial charge in [0.2, 0.25) is 5.91 Å². The minimum absolute atomic E-state index is 0.0187. The Bertz CT molecular complexity index is 634. The molecule has 1 N–H and O–H groups in total. The van der Waals surface area contributed by atoms with Crippen LogP contribution in [-0.4, -0.2) is 48.4 Å². The van der Waals surface area contributed by atoms with Crippen LogP contribution in [0.1, 0.15) is 61.4 Å². The molecule has 1 aliphatic heterocycles. The van der Waals surface area contributed by atoms with Crippen LogP contribution < -0.4 is 5.32 Å². The van der Waals surface area contributed by atoms with E-state index in [1.54, 1.807) is 17.0 Å². The third kappa shape index (κ3) is 7.04. The number of amides is 2. The molecule has 0 aliphatic carbocycles. The molecule has 0 aromatic heterocycles.